The molecule has 1 fully saturated rings. The number of nitrogens with one attached hydrogen (secondary N) is 2. The maximum Gasteiger partial charge on any atom is 0.223 e. The number of quaternary nitrogens is 1. The van der Waals surface area contributed by atoms with E-state index in [1.165, 1.54) is 10.5 Å². The van der Waals surface area contributed by atoms with Gasteiger partial charge < -0.3 is 20.1 Å². The number of carbonyl (C=O) groups excluding carboxylic acids is 1. The molecule has 5 nitrogen and oxygen atoms in total. The van der Waals surface area contributed by atoms with Crippen LogP contribution in [0.2, 0.25) is 0 Å². The fraction of sp³-hybridized carbons (Fsp3) is 0.435. The summed E-state index contributed by atoms with van der Waals surface area (Å²) in [6, 6.07) is 18.5. The van der Waals surface area contributed by atoms with Crippen molar-refractivity contribution in [3.05, 3.63) is 65.7 Å². The summed E-state index contributed by atoms with van der Waals surface area (Å²) in [6.45, 7) is 5.57. The fourth-order valence-corrected chi connectivity index (χ4v) is 3.59. The molecule has 3 N–H and O–H groups in total. The molecule has 0 aromatic heterocycles. The maximum atomic E-state index is 12.1. The molecule has 0 saturated carbocycles. The Bertz CT molecular complexity index is 723. The van der Waals surface area contributed by atoms with Crippen LogP contribution in [0.5, 0.6) is 5.75 Å². The zero-order chi connectivity index (χ0) is 19.8. The lowest BCUT2D eigenvalue weighted by molar-refractivity contribution is -0.919. The molecule has 1 aliphatic rings. The van der Waals surface area contributed by atoms with Crippen molar-refractivity contribution in [1.29, 1.82) is 0 Å². The van der Waals surface area contributed by atoms with Gasteiger partial charge in [0.1, 0.15) is 18.9 Å². The van der Waals surface area contributed by atoms with Crippen LogP contribution in [-0.2, 0) is 17.9 Å². The first-order valence-corrected chi connectivity index (χ1v) is 10.1. The Morgan fingerprint density at radius 3 is 2.43 bits per heavy atom. The first-order valence-electron chi connectivity index (χ1n) is 10.1. The van der Waals surface area contributed by atoms with E-state index < -0.39 is 6.10 Å². The number of benzene rings is 2. The van der Waals surface area contributed by atoms with Gasteiger partial charge in [-0.25, -0.2) is 0 Å². The molecule has 3 rings (SSSR count). The Hall–Kier alpha value is -2.37. The Balaban J connectivity index is 1.41. The number of hydrogen-bond acceptors (Lipinski definition) is 3. The number of piperidine rings is 1. The molecule has 5 heteroatoms. The summed E-state index contributed by atoms with van der Waals surface area (Å²) in [5.41, 5.74) is 2.45. The summed E-state index contributed by atoms with van der Waals surface area (Å²) in [5, 5.41) is 12.1. The molecule has 1 aliphatic heterocycles. The van der Waals surface area contributed by atoms with Gasteiger partial charge in [-0.1, -0.05) is 30.3 Å². The van der Waals surface area contributed by atoms with E-state index in [0.717, 1.165) is 43.8 Å². The molecule has 150 valence electrons. The van der Waals surface area contributed by atoms with Gasteiger partial charge in [-0.05, 0) is 36.8 Å². The molecule has 28 heavy (non-hydrogen) atoms. The number of likely N-dealkylation sites (tertiary alicyclic amines) is 1. The highest BCUT2D eigenvalue weighted by Crippen LogP contribution is 2.15. The first kappa shape index (κ1) is 20.4. The second-order valence-electron chi connectivity index (χ2n) is 7.71. The van der Waals surface area contributed by atoms with Crippen LogP contribution in [0, 0.1) is 5.92 Å². The normalized spacial score (nSPS) is 20.4. The van der Waals surface area contributed by atoms with E-state index in [4.69, 9.17) is 4.74 Å². The van der Waals surface area contributed by atoms with Crippen LogP contribution in [0.15, 0.2) is 54.6 Å². The summed E-state index contributed by atoms with van der Waals surface area (Å²) in [5.74, 6) is 1.05. The molecule has 0 aliphatic carbocycles. The van der Waals surface area contributed by atoms with E-state index in [1.807, 2.05) is 30.3 Å². The second-order valence-corrected chi connectivity index (χ2v) is 7.71. The van der Waals surface area contributed by atoms with Gasteiger partial charge in [0.2, 0.25) is 5.91 Å². The molecule has 0 spiro atoms. The monoisotopic (exact) mass is 383 g/mol. The molecule has 2 aromatic rings. The quantitative estimate of drug-likeness (QED) is 0.648. The minimum Gasteiger partial charge on any atom is -0.489 e. The van der Waals surface area contributed by atoms with E-state index in [2.05, 4.69) is 29.6 Å². The van der Waals surface area contributed by atoms with Crippen molar-refractivity contribution in [2.45, 2.75) is 39.0 Å². The van der Waals surface area contributed by atoms with Crippen molar-refractivity contribution in [2.75, 3.05) is 19.6 Å². The zero-order valence-electron chi connectivity index (χ0n) is 16.6. The van der Waals surface area contributed by atoms with E-state index in [9.17, 15) is 9.90 Å². The smallest absolute Gasteiger partial charge is 0.223 e. The van der Waals surface area contributed by atoms with Crippen LogP contribution in [0.4, 0.5) is 0 Å². The largest absolute Gasteiger partial charge is 0.489 e. The van der Waals surface area contributed by atoms with Crippen LogP contribution in [0.3, 0.4) is 0 Å². The molecule has 0 bridgehead atoms. The molecule has 1 amide bonds. The van der Waals surface area contributed by atoms with Gasteiger partial charge in [0.15, 0.2) is 0 Å². The third kappa shape index (κ3) is 6.36. The Labute approximate surface area is 167 Å². The lowest BCUT2D eigenvalue weighted by Gasteiger charge is -2.28. The molecule has 2 aromatic carbocycles. The van der Waals surface area contributed by atoms with Gasteiger partial charge in [-0.2, -0.15) is 0 Å². The highest BCUT2D eigenvalue weighted by molar-refractivity contribution is 5.78. The van der Waals surface area contributed by atoms with Crippen LogP contribution in [0.1, 0.15) is 30.9 Å². The molecular formula is C23H31N2O3+. The average Bonchev–Trinajstić information content (AvgIpc) is 2.73. The van der Waals surface area contributed by atoms with Gasteiger partial charge in [0.25, 0.3) is 0 Å². The highest BCUT2D eigenvalue weighted by Gasteiger charge is 2.27. The summed E-state index contributed by atoms with van der Waals surface area (Å²) in [6.07, 6.45) is 1.31. The number of aliphatic hydroxyl groups is 1. The topological polar surface area (TPSA) is 63.0 Å². The number of ether oxygens (including phenoxy) is 1. The Morgan fingerprint density at radius 1 is 1.11 bits per heavy atom. The van der Waals surface area contributed by atoms with E-state index in [-0.39, 0.29) is 11.8 Å². The first-order chi connectivity index (χ1) is 13.6. The summed E-state index contributed by atoms with van der Waals surface area (Å²) in [7, 11) is 0. The van der Waals surface area contributed by atoms with Gasteiger partial charge in [0, 0.05) is 30.9 Å². The number of hydrogen-bond donors (Lipinski definition) is 3. The highest BCUT2D eigenvalue weighted by atomic mass is 16.5. The molecule has 1 heterocycles. The van der Waals surface area contributed by atoms with Crippen molar-refractivity contribution in [3.8, 4) is 5.75 Å². The average molecular weight is 384 g/mol. The molecular weight excluding hydrogens is 352 g/mol. The van der Waals surface area contributed by atoms with Crippen molar-refractivity contribution < 1.29 is 19.5 Å². The van der Waals surface area contributed by atoms with Gasteiger partial charge >= 0.3 is 0 Å². The van der Waals surface area contributed by atoms with Crippen LogP contribution < -0.4 is 15.0 Å². The lowest BCUT2D eigenvalue weighted by atomic mass is 9.95. The standard InChI is InChI=1S/C23H30N2O3/c1-18(26)15-24-23(27)21-11-13-25(14-12-21)16-19-7-9-22(10-8-19)28-17-20-5-3-2-4-6-20/h2-10,18,21,26H,11-17H2,1H3,(H,24,27)/p+1/t18-/m0/s1. The minimum absolute atomic E-state index is 0.0799. The van der Waals surface area contributed by atoms with Crippen LogP contribution in [-0.4, -0.2) is 36.8 Å². The third-order valence-corrected chi connectivity index (χ3v) is 5.26. The predicted octanol–water partition coefficient (Wildman–Crippen LogP) is 1.56. The number of rotatable bonds is 8. The number of carbonyl (C=O) groups is 1. The Kier molecular flexibility index (Phi) is 7.46. The number of aliphatic hydroxyl groups excluding tert-OH is 1. The zero-order valence-corrected chi connectivity index (χ0v) is 16.6. The SMILES string of the molecule is C[C@H](O)CNC(=O)C1CC[NH+](Cc2ccc(OCc3ccccc3)cc2)CC1. The molecule has 0 radical (unpaired) electrons. The lowest BCUT2D eigenvalue weighted by Crippen LogP contribution is -3.11. The molecule has 1 saturated heterocycles. The van der Waals surface area contributed by atoms with Crippen molar-refractivity contribution in [2.24, 2.45) is 5.92 Å². The fourth-order valence-electron chi connectivity index (χ4n) is 3.59. The van der Waals surface area contributed by atoms with Crippen LogP contribution >= 0.6 is 0 Å². The van der Waals surface area contributed by atoms with Crippen LogP contribution in [0.25, 0.3) is 0 Å². The van der Waals surface area contributed by atoms with Gasteiger partial charge in [0.05, 0.1) is 19.2 Å². The van der Waals surface area contributed by atoms with Crippen molar-refractivity contribution in [3.63, 3.8) is 0 Å². The Morgan fingerprint density at radius 2 is 1.79 bits per heavy atom. The number of amides is 1. The maximum absolute atomic E-state index is 12.1. The molecule has 1 atom stereocenters. The van der Waals surface area contributed by atoms with E-state index >= 15 is 0 Å². The van der Waals surface area contributed by atoms with Gasteiger partial charge in [-0.3, -0.25) is 4.79 Å². The second kappa shape index (κ2) is 10.2. The summed E-state index contributed by atoms with van der Waals surface area (Å²) < 4.78 is 5.85. The summed E-state index contributed by atoms with van der Waals surface area (Å²) >= 11 is 0. The predicted molar refractivity (Wildman–Crippen MR) is 109 cm³/mol. The van der Waals surface area contributed by atoms with Crippen molar-refractivity contribution >= 4 is 5.91 Å². The third-order valence-electron chi connectivity index (χ3n) is 5.26. The minimum atomic E-state index is -0.491. The van der Waals surface area contributed by atoms with E-state index in [1.54, 1.807) is 6.92 Å². The van der Waals surface area contributed by atoms with Crippen molar-refractivity contribution in [1.82, 2.24) is 5.32 Å². The molecule has 0 unspecified atom stereocenters. The van der Waals surface area contributed by atoms with Gasteiger partial charge in [-0.15, -0.1) is 0 Å². The van der Waals surface area contributed by atoms with E-state index in [0.29, 0.717) is 13.2 Å². The summed E-state index contributed by atoms with van der Waals surface area (Å²) in [4.78, 5) is 13.6.